The summed E-state index contributed by atoms with van der Waals surface area (Å²) in [7, 11) is -3.67. The number of sulfone groups is 1. The van der Waals surface area contributed by atoms with Crippen LogP contribution in [0.5, 0.6) is 0 Å². The molecule has 0 spiro atoms. The quantitative estimate of drug-likeness (QED) is 0.734. The Morgan fingerprint density at radius 2 is 1.80 bits per heavy atom. The highest BCUT2D eigenvalue weighted by atomic mass is 35.5. The Labute approximate surface area is 147 Å². The van der Waals surface area contributed by atoms with Crippen molar-refractivity contribution in [2.75, 3.05) is 6.26 Å². The molecular weight excluding hydrogens is 381 g/mol. The molecule has 134 valence electrons. The van der Waals surface area contributed by atoms with Crippen molar-refractivity contribution in [1.82, 2.24) is 0 Å². The van der Waals surface area contributed by atoms with Gasteiger partial charge in [0.2, 0.25) is 0 Å². The highest BCUT2D eigenvalue weighted by Crippen LogP contribution is 2.32. The Morgan fingerprint density at radius 3 is 2.40 bits per heavy atom. The molecule has 0 fully saturated rings. The lowest BCUT2D eigenvalue weighted by Gasteiger charge is -2.13. The van der Waals surface area contributed by atoms with E-state index in [0.717, 1.165) is 18.4 Å². The van der Waals surface area contributed by atoms with Crippen LogP contribution in [0.25, 0.3) is 0 Å². The minimum absolute atomic E-state index is 0.0681. The van der Waals surface area contributed by atoms with E-state index in [1.54, 1.807) is 0 Å². The molecule has 0 heterocycles. The van der Waals surface area contributed by atoms with Gasteiger partial charge in [-0.3, -0.25) is 0 Å². The van der Waals surface area contributed by atoms with Crippen molar-refractivity contribution in [3.05, 3.63) is 64.2 Å². The molecule has 4 nitrogen and oxygen atoms in total. The molecule has 0 bridgehead atoms. The van der Waals surface area contributed by atoms with Gasteiger partial charge in [0.1, 0.15) is 6.61 Å². The fourth-order valence-corrected chi connectivity index (χ4v) is 3.37. The second kappa shape index (κ2) is 7.05. The van der Waals surface area contributed by atoms with Crippen LogP contribution in [0.1, 0.15) is 21.5 Å². The first-order valence-electron chi connectivity index (χ1n) is 6.82. The zero-order chi connectivity index (χ0) is 18.8. The summed E-state index contributed by atoms with van der Waals surface area (Å²) < 4.78 is 66.8. The van der Waals surface area contributed by atoms with E-state index >= 15 is 0 Å². The minimum Gasteiger partial charge on any atom is -0.457 e. The highest BCUT2D eigenvalue weighted by Gasteiger charge is 2.33. The molecule has 0 unspecified atom stereocenters. The van der Waals surface area contributed by atoms with Crippen molar-refractivity contribution in [3.63, 3.8) is 0 Å². The number of carbonyl (C=O) groups excluding carboxylic acids is 1. The van der Waals surface area contributed by atoms with E-state index in [-0.39, 0.29) is 21.0 Å². The molecule has 0 saturated carbocycles. The largest absolute Gasteiger partial charge is 0.457 e. The molecule has 9 heteroatoms. The van der Waals surface area contributed by atoms with E-state index in [4.69, 9.17) is 16.3 Å². The van der Waals surface area contributed by atoms with Gasteiger partial charge < -0.3 is 4.74 Å². The standard InChI is InChI=1S/C16H12ClF3O4S/c1-25(22,23)14-8-10(6-7-13(14)17)15(21)24-9-11-4-2-3-5-12(11)16(18,19)20/h2-8H,9H2,1H3. The smallest absolute Gasteiger partial charge is 0.416 e. The van der Waals surface area contributed by atoms with Crippen LogP contribution in [-0.4, -0.2) is 20.6 Å². The van der Waals surface area contributed by atoms with Crippen molar-refractivity contribution in [2.24, 2.45) is 0 Å². The van der Waals surface area contributed by atoms with Crippen LogP contribution in [-0.2, 0) is 27.4 Å². The van der Waals surface area contributed by atoms with E-state index in [1.807, 2.05) is 0 Å². The maximum absolute atomic E-state index is 12.9. The van der Waals surface area contributed by atoms with Crippen LogP contribution in [0.15, 0.2) is 47.4 Å². The van der Waals surface area contributed by atoms with E-state index in [1.165, 1.54) is 30.3 Å². The van der Waals surface area contributed by atoms with Crippen molar-refractivity contribution < 1.29 is 31.1 Å². The molecule has 0 atom stereocenters. The van der Waals surface area contributed by atoms with E-state index < -0.39 is 34.2 Å². The zero-order valence-electron chi connectivity index (χ0n) is 12.8. The van der Waals surface area contributed by atoms with Gasteiger partial charge in [-0.1, -0.05) is 29.8 Å². The number of alkyl halides is 3. The SMILES string of the molecule is CS(=O)(=O)c1cc(C(=O)OCc2ccccc2C(F)(F)F)ccc1Cl. The van der Waals surface area contributed by atoms with Crippen LogP contribution in [0.4, 0.5) is 13.2 Å². The van der Waals surface area contributed by atoms with Gasteiger partial charge in [-0.25, -0.2) is 13.2 Å². The summed E-state index contributed by atoms with van der Waals surface area (Å²) in [5.41, 5.74) is -1.24. The first kappa shape index (κ1) is 19.3. The first-order chi connectivity index (χ1) is 11.5. The Balaban J connectivity index is 2.23. The summed E-state index contributed by atoms with van der Waals surface area (Å²) in [6.07, 6.45) is -3.66. The van der Waals surface area contributed by atoms with Crippen molar-refractivity contribution in [2.45, 2.75) is 17.7 Å². The fourth-order valence-electron chi connectivity index (χ4n) is 2.06. The number of carbonyl (C=O) groups is 1. The van der Waals surface area contributed by atoms with Crippen LogP contribution in [0, 0.1) is 0 Å². The molecule has 0 N–H and O–H groups in total. The van der Waals surface area contributed by atoms with Gasteiger partial charge in [0, 0.05) is 11.8 Å². The summed E-state index contributed by atoms with van der Waals surface area (Å²) in [5, 5.41) is -0.0681. The number of halogens is 4. The predicted octanol–water partition coefficient (Wildman–Crippen LogP) is 4.12. The molecule has 0 radical (unpaired) electrons. The summed E-state index contributed by atoms with van der Waals surface area (Å²) >= 11 is 5.77. The lowest BCUT2D eigenvalue weighted by molar-refractivity contribution is -0.138. The molecule has 0 aliphatic carbocycles. The van der Waals surface area contributed by atoms with Crippen LogP contribution in [0.3, 0.4) is 0 Å². The second-order valence-corrected chi connectivity index (χ2v) is 7.54. The monoisotopic (exact) mass is 392 g/mol. The molecule has 0 aliphatic rings. The van der Waals surface area contributed by atoms with E-state index in [2.05, 4.69) is 0 Å². The Hall–Kier alpha value is -2.06. The summed E-state index contributed by atoms with van der Waals surface area (Å²) in [6.45, 7) is -0.606. The second-order valence-electron chi connectivity index (χ2n) is 5.15. The lowest BCUT2D eigenvalue weighted by Crippen LogP contribution is -2.12. The molecule has 2 aromatic carbocycles. The molecule has 0 aromatic heterocycles. The summed E-state index contributed by atoms with van der Waals surface area (Å²) in [4.78, 5) is 11.8. The van der Waals surface area contributed by atoms with Crippen molar-refractivity contribution in [3.8, 4) is 0 Å². The van der Waals surface area contributed by atoms with E-state index in [0.29, 0.717) is 0 Å². The van der Waals surface area contributed by atoms with Gasteiger partial charge in [0.25, 0.3) is 0 Å². The van der Waals surface area contributed by atoms with Crippen LogP contribution in [0.2, 0.25) is 5.02 Å². The summed E-state index contributed by atoms with van der Waals surface area (Å²) in [6, 6.07) is 8.16. The Kier molecular flexibility index (Phi) is 5.43. The third-order valence-electron chi connectivity index (χ3n) is 3.25. The van der Waals surface area contributed by atoms with Crippen molar-refractivity contribution >= 4 is 27.4 Å². The van der Waals surface area contributed by atoms with Crippen molar-refractivity contribution in [1.29, 1.82) is 0 Å². The predicted molar refractivity (Wildman–Crippen MR) is 85.1 cm³/mol. The van der Waals surface area contributed by atoms with Gasteiger partial charge in [-0.05, 0) is 24.3 Å². The van der Waals surface area contributed by atoms with Gasteiger partial charge in [0.15, 0.2) is 9.84 Å². The molecular formula is C16H12ClF3O4S. The lowest BCUT2D eigenvalue weighted by atomic mass is 10.1. The summed E-state index contributed by atoms with van der Waals surface area (Å²) in [5.74, 6) is -0.960. The number of esters is 1. The van der Waals surface area contributed by atoms with Gasteiger partial charge >= 0.3 is 12.1 Å². The van der Waals surface area contributed by atoms with Crippen LogP contribution >= 0.6 is 11.6 Å². The number of benzene rings is 2. The highest BCUT2D eigenvalue weighted by molar-refractivity contribution is 7.90. The number of ether oxygens (including phenoxy) is 1. The fraction of sp³-hybridized carbons (Fsp3) is 0.188. The average Bonchev–Trinajstić information content (AvgIpc) is 2.51. The zero-order valence-corrected chi connectivity index (χ0v) is 14.4. The molecule has 2 rings (SSSR count). The molecule has 25 heavy (non-hydrogen) atoms. The van der Waals surface area contributed by atoms with Gasteiger partial charge in [-0.2, -0.15) is 13.2 Å². The average molecular weight is 393 g/mol. The normalized spacial score (nSPS) is 12.0. The van der Waals surface area contributed by atoms with Gasteiger partial charge in [0.05, 0.1) is 21.0 Å². The minimum atomic E-state index is -4.58. The van der Waals surface area contributed by atoms with E-state index in [9.17, 15) is 26.4 Å². The first-order valence-corrected chi connectivity index (χ1v) is 9.09. The molecule has 0 aliphatic heterocycles. The third kappa shape index (κ3) is 4.73. The van der Waals surface area contributed by atoms with Gasteiger partial charge in [-0.15, -0.1) is 0 Å². The Morgan fingerprint density at radius 1 is 1.16 bits per heavy atom. The number of rotatable bonds is 4. The molecule has 0 amide bonds. The molecule has 2 aromatic rings. The number of hydrogen-bond acceptors (Lipinski definition) is 4. The Bertz CT molecular complexity index is 908. The molecule has 0 saturated heterocycles. The van der Waals surface area contributed by atoms with Crippen LogP contribution < -0.4 is 0 Å². The third-order valence-corrected chi connectivity index (χ3v) is 4.83. The maximum Gasteiger partial charge on any atom is 0.416 e. The number of hydrogen-bond donors (Lipinski definition) is 0. The topological polar surface area (TPSA) is 60.4 Å². The maximum atomic E-state index is 12.9.